The number of nitrogens with zero attached hydrogens (tertiary/aromatic N) is 5. The molecule has 3 aliphatic rings. The van der Waals surface area contributed by atoms with Crippen molar-refractivity contribution in [3.63, 3.8) is 0 Å². The van der Waals surface area contributed by atoms with Gasteiger partial charge in [-0.2, -0.15) is 10.1 Å². The average molecular weight is 411 g/mol. The smallest absolute Gasteiger partial charge is 0.245 e. The van der Waals surface area contributed by atoms with Gasteiger partial charge in [0.25, 0.3) is 0 Å². The third-order valence-electron chi connectivity index (χ3n) is 6.40. The molecule has 0 bridgehead atoms. The van der Waals surface area contributed by atoms with Crippen molar-refractivity contribution < 1.29 is 4.79 Å². The van der Waals surface area contributed by atoms with E-state index < -0.39 is 0 Å². The maximum Gasteiger partial charge on any atom is 0.245 e. The number of carbonyl (C=O) groups excluding carboxylic acids is 1. The molecule has 2 fully saturated rings. The number of hydrogen-bond donors (Lipinski definition) is 3. The third kappa shape index (κ3) is 3.40. The van der Waals surface area contributed by atoms with Crippen LogP contribution in [0.5, 0.6) is 0 Å². The monoisotopic (exact) mass is 410 g/mol. The lowest BCUT2D eigenvalue weighted by molar-refractivity contribution is -0.136. The largest absolute Gasteiger partial charge is 0.338 e. The van der Waals surface area contributed by atoms with Gasteiger partial charge >= 0.3 is 0 Å². The van der Waals surface area contributed by atoms with Crippen LogP contribution in [0.25, 0.3) is 0 Å². The first-order valence-corrected chi connectivity index (χ1v) is 11.0. The van der Waals surface area contributed by atoms with Crippen LogP contribution in [0.2, 0.25) is 0 Å². The van der Waals surface area contributed by atoms with Gasteiger partial charge in [-0.3, -0.25) is 9.89 Å². The van der Waals surface area contributed by atoms with E-state index in [1.54, 1.807) is 0 Å². The number of anilines is 3. The number of aromatic nitrogens is 4. The maximum absolute atomic E-state index is 13.0. The van der Waals surface area contributed by atoms with Crippen molar-refractivity contribution in [2.45, 2.75) is 64.0 Å². The Labute approximate surface area is 176 Å². The van der Waals surface area contributed by atoms with Gasteiger partial charge < -0.3 is 20.9 Å². The lowest BCUT2D eigenvalue weighted by Gasteiger charge is -2.40. The van der Waals surface area contributed by atoms with Crippen molar-refractivity contribution in [2.75, 3.05) is 29.9 Å². The van der Waals surface area contributed by atoms with Gasteiger partial charge in [0.2, 0.25) is 11.9 Å². The SMILES string of the molecule is CC(C)c1cc(Nc2nc(N3CCC[C@H]3C(=O)N3CC(N)C3)nc3c2CCC3)n[nH]1. The minimum atomic E-state index is -0.192. The minimum absolute atomic E-state index is 0.112. The second-order valence-electron chi connectivity index (χ2n) is 8.99. The first-order valence-electron chi connectivity index (χ1n) is 11.0. The van der Waals surface area contributed by atoms with Crippen molar-refractivity contribution in [2.24, 2.45) is 5.73 Å². The lowest BCUT2D eigenvalue weighted by Crippen LogP contribution is -2.61. The summed E-state index contributed by atoms with van der Waals surface area (Å²) in [6, 6.07) is 1.95. The Morgan fingerprint density at radius 1 is 1.27 bits per heavy atom. The predicted octanol–water partition coefficient (Wildman–Crippen LogP) is 1.69. The summed E-state index contributed by atoms with van der Waals surface area (Å²) < 4.78 is 0. The van der Waals surface area contributed by atoms with E-state index in [0.717, 1.165) is 61.7 Å². The molecule has 1 amide bonds. The van der Waals surface area contributed by atoms with E-state index in [1.165, 1.54) is 5.56 Å². The Morgan fingerprint density at radius 2 is 2.10 bits per heavy atom. The molecule has 1 atom stereocenters. The quantitative estimate of drug-likeness (QED) is 0.687. The van der Waals surface area contributed by atoms with Crippen molar-refractivity contribution >= 4 is 23.5 Å². The Hall–Kier alpha value is -2.68. The van der Waals surface area contributed by atoms with E-state index in [2.05, 4.69) is 34.3 Å². The number of carbonyl (C=O) groups is 1. The summed E-state index contributed by atoms with van der Waals surface area (Å²) in [7, 11) is 0. The molecule has 30 heavy (non-hydrogen) atoms. The summed E-state index contributed by atoms with van der Waals surface area (Å²) in [5.41, 5.74) is 9.22. The fourth-order valence-corrected chi connectivity index (χ4v) is 4.64. The summed E-state index contributed by atoms with van der Waals surface area (Å²) >= 11 is 0. The Bertz CT molecular complexity index is 948. The molecular formula is C21H30N8O. The van der Waals surface area contributed by atoms with Crippen molar-refractivity contribution in [3.05, 3.63) is 23.0 Å². The van der Waals surface area contributed by atoms with E-state index in [0.29, 0.717) is 25.0 Å². The number of rotatable bonds is 5. The fraction of sp³-hybridized carbons (Fsp3) is 0.619. The topological polar surface area (TPSA) is 116 Å². The fourth-order valence-electron chi connectivity index (χ4n) is 4.64. The normalized spacial score (nSPS) is 21.3. The van der Waals surface area contributed by atoms with Gasteiger partial charge in [0, 0.05) is 43.0 Å². The molecule has 5 rings (SSSR count). The standard InChI is InChI=1S/C21H30N8O/c1-12(2)16-9-18(27-26-16)24-19-14-5-3-6-15(14)23-21(25-19)29-8-4-7-17(29)20(30)28-10-13(22)11-28/h9,12-13,17H,3-8,10-11,22H2,1-2H3,(H2,23,24,25,26,27)/t17-/m0/s1. The summed E-state index contributed by atoms with van der Waals surface area (Å²) in [5, 5.41) is 10.9. The number of aryl methyl sites for hydroxylation is 1. The molecule has 160 valence electrons. The van der Waals surface area contributed by atoms with Crippen molar-refractivity contribution in [1.82, 2.24) is 25.1 Å². The zero-order valence-corrected chi connectivity index (χ0v) is 17.7. The number of hydrogen-bond acceptors (Lipinski definition) is 7. The molecule has 0 aromatic carbocycles. The van der Waals surface area contributed by atoms with Crippen LogP contribution >= 0.6 is 0 Å². The number of nitrogens with two attached hydrogens (primary N) is 1. The lowest BCUT2D eigenvalue weighted by atomic mass is 10.1. The van der Waals surface area contributed by atoms with Gasteiger partial charge in [-0.15, -0.1) is 0 Å². The van der Waals surface area contributed by atoms with E-state index in [-0.39, 0.29) is 18.0 Å². The van der Waals surface area contributed by atoms with Crippen molar-refractivity contribution in [3.8, 4) is 0 Å². The molecule has 2 saturated heterocycles. The molecular weight excluding hydrogens is 380 g/mol. The number of aromatic amines is 1. The Balaban J connectivity index is 1.42. The van der Waals surface area contributed by atoms with Crippen LogP contribution in [0, 0.1) is 0 Å². The number of H-pyrrole nitrogens is 1. The van der Waals surface area contributed by atoms with Crippen LogP contribution in [0.1, 0.15) is 56.0 Å². The number of likely N-dealkylation sites (tertiary alicyclic amines) is 1. The Morgan fingerprint density at radius 3 is 2.83 bits per heavy atom. The van der Waals surface area contributed by atoms with Crippen LogP contribution < -0.4 is 16.0 Å². The third-order valence-corrected chi connectivity index (χ3v) is 6.40. The summed E-state index contributed by atoms with van der Waals surface area (Å²) in [5.74, 6) is 2.77. The van der Waals surface area contributed by atoms with E-state index in [9.17, 15) is 4.79 Å². The zero-order chi connectivity index (χ0) is 20.8. The van der Waals surface area contributed by atoms with E-state index in [4.69, 9.17) is 15.7 Å². The van der Waals surface area contributed by atoms with Crippen LogP contribution in [0.4, 0.5) is 17.6 Å². The number of fused-ring (bicyclic) bond motifs is 1. The van der Waals surface area contributed by atoms with Gasteiger partial charge in [0.15, 0.2) is 5.82 Å². The van der Waals surface area contributed by atoms with E-state index in [1.807, 2.05) is 11.0 Å². The molecule has 9 nitrogen and oxygen atoms in total. The average Bonchev–Trinajstić information content (AvgIpc) is 3.44. The highest BCUT2D eigenvalue weighted by molar-refractivity contribution is 5.86. The van der Waals surface area contributed by atoms with Crippen LogP contribution in [-0.4, -0.2) is 62.7 Å². The molecule has 9 heteroatoms. The molecule has 1 aliphatic carbocycles. The number of amides is 1. The van der Waals surface area contributed by atoms with Gasteiger partial charge in [0.1, 0.15) is 11.9 Å². The molecule has 0 saturated carbocycles. The van der Waals surface area contributed by atoms with E-state index >= 15 is 0 Å². The zero-order valence-electron chi connectivity index (χ0n) is 17.7. The molecule has 2 aromatic heterocycles. The molecule has 0 spiro atoms. The maximum atomic E-state index is 13.0. The molecule has 4 heterocycles. The molecule has 0 unspecified atom stereocenters. The molecule has 2 aliphatic heterocycles. The summed E-state index contributed by atoms with van der Waals surface area (Å²) in [4.78, 5) is 26.7. The first kappa shape index (κ1) is 19.3. The highest BCUT2D eigenvalue weighted by Gasteiger charge is 2.39. The van der Waals surface area contributed by atoms with Gasteiger partial charge in [-0.1, -0.05) is 13.8 Å². The van der Waals surface area contributed by atoms with Crippen LogP contribution in [0.3, 0.4) is 0 Å². The van der Waals surface area contributed by atoms with Gasteiger partial charge in [-0.05, 0) is 38.0 Å². The number of nitrogens with one attached hydrogen (secondary N) is 2. The second kappa shape index (κ2) is 7.54. The van der Waals surface area contributed by atoms with Crippen molar-refractivity contribution in [1.29, 1.82) is 0 Å². The molecule has 2 aromatic rings. The second-order valence-corrected chi connectivity index (χ2v) is 8.99. The predicted molar refractivity (Wildman–Crippen MR) is 115 cm³/mol. The molecule has 0 radical (unpaired) electrons. The highest BCUT2D eigenvalue weighted by Crippen LogP contribution is 2.33. The highest BCUT2D eigenvalue weighted by atomic mass is 16.2. The molecule has 4 N–H and O–H groups in total. The van der Waals surface area contributed by atoms with Crippen LogP contribution in [-0.2, 0) is 17.6 Å². The summed E-state index contributed by atoms with van der Waals surface area (Å²) in [6.45, 7) is 6.37. The summed E-state index contributed by atoms with van der Waals surface area (Å²) in [6.07, 6.45) is 4.80. The van der Waals surface area contributed by atoms with Crippen LogP contribution in [0.15, 0.2) is 6.07 Å². The minimum Gasteiger partial charge on any atom is -0.338 e. The van der Waals surface area contributed by atoms with Gasteiger partial charge in [-0.25, -0.2) is 4.98 Å². The Kier molecular flexibility index (Phi) is 4.85. The van der Waals surface area contributed by atoms with Gasteiger partial charge in [0.05, 0.1) is 5.69 Å². The first-order chi connectivity index (χ1) is 14.5.